The highest BCUT2D eigenvalue weighted by molar-refractivity contribution is 9.10. The minimum Gasteiger partial charge on any atom is -0.487 e. The number of nitriles is 1. The second-order valence-corrected chi connectivity index (χ2v) is 6.53. The lowest BCUT2D eigenvalue weighted by molar-refractivity contribution is 0.223. The molecule has 0 spiro atoms. The maximum absolute atomic E-state index is 9.43. The van der Waals surface area contributed by atoms with E-state index in [2.05, 4.69) is 36.9 Å². The molecule has 0 aliphatic carbocycles. The summed E-state index contributed by atoms with van der Waals surface area (Å²) in [6.45, 7) is 5.46. The number of hydrogen-bond acceptors (Lipinski definition) is 5. The van der Waals surface area contributed by atoms with Gasteiger partial charge in [0.15, 0.2) is 0 Å². The van der Waals surface area contributed by atoms with Crippen LogP contribution in [-0.4, -0.2) is 29.2 Å². The average Bonchev–Trinajstić information content (AvgIpc) is 2.97. The van der Waals surface area contributed by atoms with Crippen LogP contribution in [0.3, 0.4) is 0 Å². The van der Waals surface area contributed by atoms with E-state index in [-0.39, 0.29) is 6.10 Å². The zero-order valence-corrected chi connectivity index (χ0v) is 14.7. The van der Waals surface area contributed by atoms with Crippen LogP contribution >= 0.6 is 15.9 Å². The van der Waals surface area contributed by atoms with E-state index in [1.165, 1.54) is 0 Å². The van der Waals surface area contributed by atoms with Gasteiger partial charge in [-0.3, -0.25) is 4.98 Å². The van der Waals surface area contributed by atoms with Gasteiger partial charge in [0.1, 0.15) is 23.7 Å². The summed E-state index contributed by atoms with van der Waals surface area (Å²) >= 11 is 3.45. The van der Waals surface area contributed by atoms with Gasteiger partial charge in [-0.15, -0.1) is 0 Å². The molecule has 0 radical (unpaired) electrons. The van der Waals surface area contributed by atoms with Crippen LogP contribution in [0.15, 0.2) is 29.0 Å². The molecular formula is C17H17BrN4O. The Labute approximate surface area is 144 Å². The standard InChI is InChI=1S/C17H17BrN4O/c1-11-7-12(2)21-17(14(11)8-19)22-6-4-13(10-22)23-16-3-5-20-9-15(16)18/h3,5,7,9,13H,4,6,10H2,1-2H3. The Morgan fingerprint density at radius 2 is 2.26 bits per heavy atom. The highest BCUT2D eigenvalue weighted by atomic mass is 79.9. The molecule has 3 rings (SSSR count). The zero-order valence-electron chi connectivity index (χ0n) is 13.1. The van der Waals surface area contributed by atoms with E-state index >= 15 is 0 Å². The number of hydrogen-bond donors (Lipinski definition) is 0. The van der Waals surface area contributed by atoms with Crippen LogP contribution in [0.25, 0.3) is 0 Å². The summed E-state index contributed by atoms with van der Waals surface area (Å²) in [5, 5.41) is 9.43. The molecule has 0 amide bonds. The monoisotopic (exact) mass is 372 g/mol. The normalized spacial score (nSPS) is 17.1. The maximum atomic E-state index is 9.43. The Kier molecular flexibility index (Phi) is 4.49. The molecule has 5 nitrogen and oxygen atoms in total. The fourth-order valence-corrected chi connectivity index (χ4v) is 3.18. The van der Waals surface area contributed by atoms with Gasteiger partial charge in [0.25, 0.3) is 0 Å². The van der Waals surface area contributed by atoms with E-state index in [1.807, 2.05) is 26.0 Å². The topological polar surface area (TPSA) is 62.0 Å². The van der Waals surface area contributed by atoms with E-state index in [9.17, 15) is 5.26 Å². The SMILES string of the molecule is Cc1cc(C)c(C#N)c(N2CCC(Oc3ccncc3Br)C2)n1. The van der Waals surface area contributed by atoms with E-state index in [4.69, 9.17) is 4.74 Å². The summed E-state index contributed by atoms with van der Waals surface area (Å²) in [6, 6.07) is 6.08. The van der Waals surface area contributed by atoms with Crippen molar-refractivity contribution in [1.82, 2.24) is 9.97 Å². The fraction of sp³-hybridized carbons (Fsp3) is 0.353. The number of rotatable bonds is 3. The summed E-state index contributed by atoms with van der Waals surface area (Å²) in [5.41, 5.74) is 2.55. The predicted octanol–water partition coefficient (Wildman–Crippen LogP) is 3.39. The minimum absolute atomic E-state index is 0.0721. The lowest BCUT2D eigenvalue weighted by Crippen LogP contribution is -2.26. The molecular weight excluding hydrogens is 356 g/mol. The molecule has 0 N–H and O–H groups in total. The van der Waals surface area contributed by atoms with Crippen LogP contribution in [0.1, 0.15) is 23.2 Å². The number of pyridine rings is 2. The molecule has 23 heavy (non-hydrogen) atoms. The van der Waals surface area contributed by atoms with Gasteiger partial charge in [-0.25, -0.2) is 4.98 Å². The van der Waals surface area contributed by atoms with Crippen molar-refractivity contribution < 1.29 is 4.74 Å². The predicted molar refractivity (Wildman–Crippen MR) is 91.6 cm³/mol. The van der Waals surface area contributed by atoms with E-state index < -0.39 is 0 Å². The van der Waals surface area contributed by atoms with Crippen molar-refractivity contribution in [2.45, 2.75) is 26.4 Å². The van der Waals surface area contributed by atoms with Crippen LogP contribution in [0, 0.1) is 25.2 Å². The third-order valence-corrected chi connectivity index (χ3v) is 4.51. The average molecular weight is 373 g/mol. The molecule has 1 fully saturated rings. The van der Waals surface area contributed by atoms with Crippen LogP contribution in [0.5, 0.6) is 5.75 Å². The van der Waals surface area contributed by atoms with Crippen LogP contribution in [-0.2, 0) is 0 Å². The number of ether oxygens (including phenoxy) is 1. The van der Waals surface area contributed by atoms with Gasteiger partial charge in [-0.2, -0.15) is 5.26 Å². The van der Waals surface area contributed by atoms with Crippen molar-refractivity contribution in [2.24, 2.45) is 0 Å². The molecule has 1 atom stereocenters. The third kappa shape index (κ3) is 3.30. The van der Waals surface area contributed by atoms with Gasteiger partial charge < -0.3 is 9.64 Å². The van der Waals surface area contributed by atoms with Crippen molar-refractivity contribution in [3.8, 4) is 11.8 Å². The Bertz CT molecular complexity index is 772. The first-order valence-corrected chi connectivity index (χ1v) is 8.27. The molecule has 0 bridgehead atoms. The first kappa shape index (κ1) is 15.8. The molecule has 1 saturated heterocycles. The number of anilines is 1. The number of aromatic nitrogens is 2. The second-order valence-electron chi connectivity index (χ2n) is 5.67. The van der Waals surface area contributed by atoms with Crippen molar-refractivity contribution in [1.29, 1.82) is 5.26 Å². The number of aryl methyl sites for hydroxylation is 2. The quantitative estimate of drug-likeness (QED) is 0.826. The summed E-state index contributed by atoms with van der Waals surface area (Å²) in [7, 11) is 0. The Balaban J connectivity index is 1.78. The molecule has 2 aromatic rings. The van der Waals surface area contributed by atoms with Crippen LogP contribution in [0.4, 0.5) is 5.82 Å². The molecule has 118 valence electrons. The van der Waals surface area contributed by atoms with Crippen LogP contribution < -0.4 is 9.64 Å². The molecule has 2 aromatic heterocycles. The fourth-order valence-electron chi connectivity index (χ4n) is 2.84. The van der Waals surface area contributed by atoms with E-state index in [0.29, 0.717) is 5.56 Å². The second kappa shape index (κ2) is 6.55. The summed E-state index contributed by atoms with van der Waals surface area (Å²) in [4.78, 5) is 10.8. The third-order valence-electron chi connectivity index (χ3n) is 3.91. The Hall–Kier alpha value is -2.13. The molecule has 1 unspecified atom stereocenters. The molecule has 0 aromatic carbocycles. The van der Waals surface area contributed by atoms with Gasteiger partial charge in [0.2, 0.25) is 0 Å². The van der Waals surface area contributed by atoms with Crippen molar-refractivity contribution >= 4 is 21.7 Å². The van der Waals surface area contributed by atoms with Crippen molar-refractivity contribution in [3.05, 3.63) is 45.8 Å². The zero-order chi connectivity index (χ0) is 16.4. The lowest BCUT2D eigenvalue weighted by atomic mass is 10.1. The van der Waals surface area contributed by atoms with Crippen LogP contribution in [0.2, 0.25) is 0 Å². The lowest BCUT2D eigenvalue weighted by Gasteiger charge is -2.20. The van der Waals surface area contributed by atoms with E-state index in [0.717, 1.165) is 46.8 Å². The van der Waals surface area contributed by atoms with Crippen molar-refractivity contribution in [2.75, 3.05) is 18.0 Å². The van der Waals surface area contributed by atoms with Gasteiger partial charge in [-0.1, -0.05) is 0 Å². The smallest absolute Gasteiger partial charge is 0.147 e. The molecule has 0 saturated carbocycles. The Morgan fingerprint density at radius 1 is 1.43 bits per heavy atom. The largest absolute Gasteiger partial charge is 0.487 e. The summed E-state index contributed by atoms with van der Waals surface area (Å²) in [5.74, 6) is 1.56. The van der Waals surface area contributed by atoms with Gasteiger partial charge in [0, 0.05) is 31.1 Å². The molecule has 1 aliphatic heterocycles. The summed E-state index contributed by atoms with van der Waals surface area (Å²) < 4.78 is 6.90. The summed E-state index contributed by atoms with van der Waals surface area (Å²) in [6.07, 6.45) is 4.41. The first-order valence-electron chi connectivity index (χ1n) is 7.48. The first-order chi connectivity index (χ1) is 11.1. The van der Waals surface area contributed by atoms with Gasteiger partial charge in [-0.05, 0) is 47.5 Å². The minimum atomic E-state index is 0.0721. The number of nitrogens with zero attached hydrogens (tertiary/aromatic N) is 4. The highest BCUT2D eigenvalue weighted by Crippen LogP contribution is 2.29. The highest BCUT2D eigenvalue weighted by Gasteiger charge is 2.27. The van der Waals surface area contributed by atoms with Gasteiger partial charge >= 0.3 is 0 Å². The van der Waals surface area contributed by atoms with Gasteiger partial charge in [0.05, 0.1) is 16.6 Å². The van der Waals surface area contributed by atoms with E-state index in [1.54, 1.807) is 12.4 Å². The molecule has 1 aliphatic rings. The Morgan fingerprint density at radius 3 is 3.00 bits per heavy atom. The molecule has 3 heterocycles. The maximum Gasteiger partial charge on any atom is 0.147 e. The molecule has 6 heteroatoms. The number of halogens is 1. The van der Waals surface area contributed by atoms with Crippen molar-refractivity contribution in [3.63, 3.8) is 0 Å².